The Morgan fingerprint density at radius 2 is 1.96 bits per heavy atom. The van der Waals surface area contributed by atoms with Crippen molar-refractivity contribution in [1.29, 1.82) is 0 Å². The van der Waals surface area contributed by atoms with Crippen molar-refractivity contribution in [3.8, 4) is 5.75 Å². The van der Waals surface area contributed by atoms with Gasteiger partial charge < -0.3 is 15.0 Å². The number of H-pyrrole nitrogens is 1. The number of carbonyl (C=O) groups excluding carboxylic acids is 1. The number of ether oxygens (including phenoxy) is 1. The summed E-state index contributed by atoms with van der Waals surface area (Å²) in [5.41, 5.74) is 2.75. The van der Waals surface area contributed by atoms with Gasteiger partial charge in [0.05, 0.1) is 18.1 Å². The van der Waals surface area contributed by atoms with Crippen molar-refractivity contribution >= 4 is 28.7 Å². The van der Waals surface area contributed by atoms with Crippen molar-refractivity contribution in [2.24, 2.45) is 0 Å². The van der Waals surface area contributed by atoms with Crippen molar-refractivity contribution in [2.45, 2.75) is 48.6 Å². The number of amides is 1. The highest BCUT2D eigenvalue weighted by molar-refractivity contribution is 8.00. The van der Waals surface area contributed by atoms with Crippen LogP contribution in [0.3, 0.4) is 0 Å². The Bertz CT molecular complexity index is 935. The molecule has 0 saturated heterocycles. The molecule has 1 fully saturated rings. The zero-order chi connectivity index (χ0) is 19.3. The molecule has 1 saturated carbocycles. The Balaban J connectivity index is 1.57. The number of methoxy groups -OCH3 is 1. The number of nitrogens with one attached hydrogen (secondary N) is 2. The predicted octanol–water partition coefficient (Wildman–Crippen LogP) is 4.85. The minimum atomic E-state index is -0.342. The largest absolute Gasteiger partial charge is 0.497 e. The monoisotopic (exact) mass is 395 g/mol. The van der Waals surface area contributed by atoms with Crippen molar-refractivity contribution < 1.29 is 9.53 Å². The van der Waals surface area contributed by atoms with Crippen LogP contribution in [0.4, 0.5) is 0 Å². The summed E-state index contributed by atoms with van der Waals surface area (Å²) in [6.45, 7) is 0. The minimum absolute atomic E-state index is 0.0566. The van der Waals surface area contributed by atoms with E-state index in [0.717, 1.165) is 40.3 Å². The molecule has 4 rings (SSSR count). The van der Waals surface area contributed by atoms with E-state index in [1.54, 1.807) is 7.11 Å². The molecular formula is C22H25N3O2S. The van der Waals surface area contributed by atoms with Gasteiger partial charge in [-0.2, -0.15) is 0 Å². The van der Waals surface area contributed by atoms with Crippen LogP contribution in [0.1, 0.15) is 42.9 Å². The maximum Gasteiger partial charge on any atom is 0.238 e. The smallest absolute Gasteiger partial charge is 0.238 e. The van der Waals surface area contributed by atoms with Crippen LogP contribution in [-0.2, 0) is 4.79 Å². The second-order valence-electron chi connectivity index (χ2n) is 7.18. The van der Waals surface area contributed by atoms with E-state index >= 15 is 0 Å². The van der Waals surface area contributed by atoms with E-state index in [1.165, 1.54) is 31.0 Å². The van der Waals surface area contributed by atoms with Gasteiger partial charge in [0.2, 0.25) is 5.91 Å². The summed E-state index contributed by atoms with van der Waals surface area (Å²) in [4.78, 5) is 21.1. The van der Waals surface area contributed by atoms with Crippen LogP contribution >= 0.6 is 11.8 Å². The molecular weight excluding hydrogens is 370 g/mol. The zero-order valence-corrected chi connectivity index (χ0v) is 16.8. The number of aromatic amines is 1. The number of hydrogen-bond acceptors (Lipinski definition) is 4. The number of imidazole rings is 1. The van der Waals surface area contributed by atoms with E-state index in [2.05, 4.69) is 15.3 Å². The van der Waals surface area contributed by atoms with Gasteiger partial charge >= 0.3 is 0 Å². The second kappa shape index (κ2) is 8.69. The highest BCUT2D eigenvalue weighted by atomic mass is 32.2. The van der Waals surface area contributed by atoms with Crippen molar-refractivity contribution in [2.75, 3.05) is 7.11 Å². The van der Waals surface area contributed by atoms with Crippen molar-refractivity contribution in [3.63, 3.8) is 0 Å². The Kier molecular flexibility index (Phi) is 5.86. The van der Waals surface area contributed by atoms with E-state index < -0.39 is 0 Å². The van der Waals surface area contributed by atoms with E-state index in [0.29, 0.717) is 0 Å². The van der Waals surface area contributed by atoms with Gasteiger partial charge in [-0.1, -0.05) is 61.4 Å². The molecule has 0 aliphatic heterocycles. The minimum Gasteiger partial charge on any atom is -0.497 e. The number of hydrogen-bond donors (Lipinski definition) is 2. The number of fused-ring (bicyclic) bond motifs is 1. The molecule has 1 amide bonds. The highest BCUT2D eigenvalue weighted by Crippen LogP contribution is 2.35. The van der Waals surface area contributed by atoms with Gasteiger partial charge in [0.25, 0.3) is 0 Å². The number of aromatic nitrogens is 2. The van der Waals surface area contributed by atoms with Gasteiger partial charge in [-0.15, -0.1) is 0 Å². The molecule has 28 heavy (non-hydrogen) atoms. The number of rotatable bonds is 6. The molecule has 146 valence electrons. The van der Waals surface area contributed by atoms with Gasteiger partial charge in [0, 0.05) is 12.1 Å². The molecule has 1 aliphatic carbocycles. The van der Waals surface area contributed by atoms with E-state index in [-0.39, 0.29) is 17.2 Å². The van der Waals surface area contributed by atoms with E-state index in [9.17, 15) is 4.79 Å². The fraction of sp³-hybridized carbons (Fsp3) is 0.364. The molecule has 0 radical (unpaired) electrons. The lowest BCUT2D eigenvalue weighted by Crippen LogP contribution is -2.38. The molecule has 1 heterocycles. The van der Waals surface area contributed by atoms with Crippen LogP contribution in [0.2, 0.25) is 0 Å². The maximum absolute atomic E-state index is 13.1. The van der Waals surface area contributed by atoms with Crippen LogP contribution in [-0.4, -0.2) is 29.0 Å². The quantitative estimate of drug-likeness (QED) is 0.585. The molecule has 3 aromatic rings. The van der Waals surface area contributed by atoms with Gasteiger partial charge in [-0.3, -0.25) is 4.79 Å². The predicted molar refractivity (Wildman–Crippen MR) is 113 cm³/mol. The molecule has 0 bridgehead atoms. The van der Waals surface area contributed by atoms with Crippen LogP contribution in [0.25, 0.3) is 11.0 Å². The first-order valence-electron chi connectivity index (χ1n) is 9.78. The zero-order valence-electron chi connectivity index (χ0n) is 16.0. The highest BCUT2D eigenvalue weighted by Gasteiger charge is 2.26. The summed E-state index contributed by atoms with van der Waals surface area (Å²) in [5, 5.41) is 3.66. The summed E-state index contributed by atoms with van der Waals surface area (Å²) in [6.07, 6.45) is 5.80. The average Bonchev–Trinajstić information content (AvgIpc) is 3.15. The maximum atomic E-state index is 13.1. The molecule has 2 aromatic carbocycles. The molecule has 1 atom stereocenters. The molecule has 6 heteroatoms. The number of thioether (sulfide) groups is 1. The van der Waals surface area contributed by atoms with E-state index in [1.807, 2.05) is 48.5 Å². The Morgan fingerprint density at radius 3 is 2.71 bits per heavy atom. The lowest BCUT2D eigenvalue weighted by Gasteiger charge is -2.25. The normalized spacial score (nSPS) is 16.0. The van der Waals surface area contributed by atoms with Crippen LogP contribution in [0, 0.1) is 0 Å². The second-order valence-corrected chi connectivity index (χ2v) is 8.27. The molecule has 1 aliphatic rings. The topological polar surface area (TPSA) is 67.0 Å². The number of carbonyl (C=O) groups is 1. The standard InChI is InChI=1S/C22H25N3O2S/c1-27-17-12-13-18-19(14-17)25-22(24-18)28-20(15-8-4-2-5-9-15)21(26)23-16-10-6-3-7-11-16/h2,4-5,8-9,12-14,16,20H,3,6-7,10-11H2,1H3,(H,23,26)(H,24,25). The third-order valence-electron chi connectivity index (χ3n) is 5.19. The number of benzene rings is 2. The van der Waals surface area contributed by atoms with Crippen LogP contribution in [0.5, 0.6) is 5.75 Å². The molecule has 2 N–H and O–H groups in total. The Morgan fingerprint density at radius 1 is 1.18 bits per heavy atom. The Labute approximate surface area is 169 Å². The van der Waals surface area contributed by atoms with Gasteiger partial charge in [-0.05, 0) is 30.5 Å². The first-order chi connectivity index (χ1) is 13.7. The third kappa shape index (κ3) is 4.33. The van der Waals surface area contributed by atoms with Gasteiger partial charge in [0.15, 0.2) is 5.16 Å². The lowest BCUT2D eigenvalue weighted by molar-refractivity contribution is -0.121. The van der Waals surface area contributed by atoms with Gasteiger partial charge in [-0.25, -0.2) is 4.98 Å². The molecule has 1 aromatic heterocycles. The summed E-state index contributed by atoms with van der Waals surface area (Å²) in [7, 11) is 1.65. The Hall–Kier alpha value is -2.47. The van der Waals surface area contributed by atoms with Crippen LogP contribution < -0.4 is 10.1 Å². The van der Waals surface area contributed by atoms with Crippen molar-refractivity contribution in [3.05, 3.63) is 54.1 Å². The van der Waals surface area contributed by atoms with Crippen LogP contribution in [0.15, 0.2) is 53.7 Å². The average molecular weight is 396 g/mol. The van der Waals surface area contributed by atoms with E-state index in [4.69, 9.17) is 4.74 Å². The first-order valence-corrected chi connectivity index (χ1v) is 10.7. The summed E-state index contributed by atoms with van der Waals surface area (Å²) >= 11 is 1.46. The number of nitrogens with zero attached hydrogens (tertiary/aromatic N) is 1. The van der Waals surface area contributed by atoms with Crippen molar-refractivity contribution in [1.82, 2.24) is 15.3 Å². The molecule has 1 unspecified atom stereocenters. The third-order valence-corrected chi connectivity index (χ3v) is 6.33. The molecule has 0 spiro atoms. The first kappa shape index (κ1) is 18.9. The molecule has 5 nitrogen and oxygen atoms in total. The lowest BCUT2D eigenvalue weighted by atomic mass is 9.95. The summed E-state index contributed by atoms with van der Waals surface area (Å²) in [5.74, 6) is 0.837. The summed E-state index contributed by atoms with van der Waals surface area (Å²) < 4.78 is 5.29. The SMILES string of the molecule is COc1ccc2nc(SC(C(=O)NC3CCCCC3)c3ccccc3)[nH]c2c1. The summed E-state index contributed by atoms with van der Waals surface area (Å²) in [6, 6.07) is 15.9. The fourth-order valence-corrected chi connectivity index (χ4v) is 4.70. The fourth-order valence-electron chi connectivity index (χ4n) is 3.68. The van der Waals surface area contributed by atoms with Gasteiger partial charge in [0.1, 0.15) is 11.0 Å².